The lowest BCUT2D eigenvalue weighted by atomic mass is 10.1. The predicted octanol–water partition coefficient (Wildman–Crippen LogP) is 5.40. The van der Waals surface area contributed by atoms with E-state index in [1.807, 2.05) is 43.5 Å². The highest BCUT2D eigenvalue weighted by molar-refractivity contribution is 7.15. The molecule has 6 nitrogen and oxygen atoms in total. The van der Waals surface area contributed by atoms with E-state index in [-0.39, 0.29) is 18.5 Å². The number of aryl methyl sites for hydroxylation is 1. The zero-order valence-electron chi connectivity index (χ0n) is 15.6. The highest BCUT2D eigenvalue weighted by atomic mass is 35.5. The first-order valence-corrected chi connectivity index (χ1v) is 10.3. The van der Waals surface area contributed by atoms with Gasteiger partial charge in [0.15, 0.2) is 6.61 Å². The van der Waals surface area contributed by atoms with E-state index in [2.05, 4.69) is 15.4 Å². The fourth-order valence-corrected chi connectivity index (χ4v) is 4.13. The Kier molecular flexibility index (Phi) is 5.45. The number of fused-ring (bicyclic) bond motifs is 1. The van der Waals surface area contributed by atoms with Gasteiger partial charge in [0.05, 0.1) is 10.7 Å². The smallest absolute Gasteiger partial charge is 0.264 e. The molecule has 4 rings (SSSR count). The molecule has 2 aromatic carbocycles. The van der Waals surface area contributed by atoms with Gasteiger partial charge < -0.3 is 4.74 Å². The van der Waals surface area contributed by atoms with Crippen molar-refractivity contribution in [1.82, 2.24) is 14.6 Å². The number of carbonyl (C=O) groups excluding carboxylic acids is 1. The molecular weight excluding hydrogens is 431 g/mol. The monoisotopic (exact) mass is 446 g/mol. The lowest BCUT2D eigenvalue weighted by molar-refractivity contribution is -0.118. The van der Waals surface area contributed by atoms with Gasteiger partial charge >= 0.3 is 0 Å². The lowest BCUT2D eigenvalue weighted by Crippen LogP contribution is -2.21. The molecule has 0 radical (unpaired) electrons. The van der Waals surface area contributed by atoms with Gasteiger partial charge in [0.25, 0.3) is 11.9 Å². The second kappa shape index (κ2) is 8.02. The van der Waals surface area contributed by atoms with Gasteiger partial charge in [-0.05, 0) is 49.2 Å². The largest absolute Gasteiger partial charge is 0.483 e. The summed E-state index contributed by atoms with van der Waals surface area (Å²) in [6.07, 6.45) is 0. The third-order valence-corrected chi connectivity index (χ3v) is 5.82. The van der Waals surface area contributed by atoms with E-state index in [1.54, 1.807) is 16.6 Å². The average molecular weight is 447 g/mol. The predicted molar refractivity (Wildman–Crippen MR) is 116 cm³/mol. The zero-order valence-corrected chi connectivity index (χ0v) is 17.9. The highest BCUT2D eigenvalue weighted by Gasteiger charge is 2.16. The fraction of sp³-hybridized carbons (Fsp3) is 0.150. The van der Waals surface area contributed by atoms with E-state index >= 15 is 0 Å². The third kappa shape index (κ3) is 4.07. The summed E-state index contributed by atoms with van der Waals surface area (Å²) in [6.45, 7) is 3.82. The lowest BCUT2D eigenvalue weighted by Gasteiger charge is -2.10. The summed E-state index contributed by atoms with van der Waals surface area (Å²) in [7, 11) is 0. The Hall–Kier alpha value is -2.61. The van der Waals surface area contributed by atoms with Crippen molar-refractivity contribution in [3.8, 4) is 17.0 Å². The molecule has 148 valence electrons. The van der Waals surface area contributed by atoms with Gasteiger partial charge in [0.1, 0.15) is 5.75 Å². The van der Waals surface area contributed by atoms with Crippen LogP contribution in [-0.4, -0.2) is 27.1 Å². The van der Waals surface area contributed by atoms with Gasteiger partial charge in [-0.2, -0.15) is 4.98 Å². The zero-order chi connectivity index (χ0) is 20.5. The van der Waals surface area contributed by atoms with E-state index in [1.165, 1.54) is 11.3 Å². The number of hydrogen-bond acceptors (Lipinski definition) is 5. The Balaban J connectivity index is 1.49. The van der Waals surface area contributed by atoms with E-state index in [0.29, 0.717) is 20.8 Å². The summed E-state index contributed by atoms with van der Waals surface area (Å²) in [5.74, 6) is 0.548. The van der Waals surface area contributed by atoms with Crippen LogP contribution in [0.2, 0.25) is 10.0 Å². The van der Waals surface area contributed by atoms with Gasteiger partial charge in [-0.3, -0.25) is 10.1 Å². The molecular formula is C20H16Cl2N4O2S. The van der Waals surface area contributed by atoms with E-state index in [4.69, 9.17) is 27.9 Å². The van der Waals surface area contributed by atoms with Crippen molar-refractivity contribution >= 4 is 51.4 Å². The van der Waals surface area contributed by atoms with E-state index in [0.717, 1.165) is 22.4 Å². The molecule has 0 spiro atoms. The summed E-state index contributed by atoms with van der Waals surface area (Å²) in [5.41, 5.74) is 3.66. The first kappa shape index (κ1) is 19.7. The first-order valence-electron chi connectivity index (χ1n) is 8.71. The summed E-state index contributed by atoms with van der Waals surface area (Å²) in [6, 6.07) is 11.0. The van der Waals surface area contributed by atoms with Crippen LogP contribution in [0.5, 0.6) is 5.75 Å². The number of nitrogens with zero attached hydrogens (tertiary/aromatic N) is 3. The average Bonchev–Trinajstić information content (AvgIpc) is 3.23. The fourth-order valence-electron chi connectivity index (χ4n) is 2.80. The molecule has 0 aliphatic heterocycles. The molecule has 29 heavy (non-hydrogen) atoms. The van der Waals surface area contributed by atoms with Crippen LogP contribution < -0.4 is 10.1 Å². The Labute approximate surface area is 181 Å². The number of aromatic nitrogens is 3. The van der Waals surface area contributed by atoms with Crippen molar-refractivity contribution < 1.29 is 9.53 Å². The van der Waals surface area contributed by atoms with Crippen molar-refractivity contribution in [2.45, 2.75) is 13.8 Å². The number of halogens is 2. The van der Waals surface area contributed by atoms with Gasteiger partial charge in [-0.15, -0.1) is 16.4 Å². The summed E-state index contributed by atoms with van der Waals surface area (Å²) in [5, 5.41) is 10.0. The molecule has 2 aromatic heterocycles. The second-order valence-corrected chi connectivity index (χ2v) is 8.09. The van der Waals surface area contributed by atoms with Gasteiger partial charge in [-0.25, -0.2) is 4.52 Å². The molecule has 4 aromatic rings. The molecule has 9 heteroatoms. The molecule has 0 bridgehead atoms. The van der Waals surface area contributed by atoms with Crippen LogP contribution in [0.4, 0.5) is 5.95 Å². The molecule has 0 fully saturated rings. The van der Waals surface area contributed by atoms with Gasteiger partial charge in [0, 0.05) is 16.0 Å². The molecule has 0 saturated heterocycles. The Bertz CT molecular complexity index is 1220. The highest BCUT2D eigenvalue weighted by Crippen LogP contribution is 2.33. The van der Waals surface area contributed by atoms with Gasteiger partial charge in [0.2, 0.25) is 4.96 Å². The number of nitrogens with one attached hydrogen (secondary N) is 1. The molecule has 0 aliphatic carbocycles. The number of thiazole rings is 1. The van der Waals surface area contributed by atoms with Crippen molar-refractivity contribution in [2.75, 3.05) is 11.9 Å². The maximum Gasteiger partial charge on any atom is 0.264 e. The number of anilines is 1. The summed E-state index contributed by atoms with van der Waals surface area (Å²) in [4.78, 5) is 17.3. The normalized spacial score (nSPS) is 11.0. The quantitative estimate of drug-likeness (QED) is 0.445. The summed E-state index contributed by atoms with van der Waals surface area (Å²) >= 11 is 13.7. The standard InChI is InChI=1S/C20H16Cl2N4O2S/c1-11-4-3-5-17(12(11)2)28-9-18(27)23-19-24-20-26(25-19)16(10-29-20)14-7-6-13(21)8-15(14)22/h3-8,10H,9H2,1-2H3,(H,23,25,27). The van der Waals surface area contributed by atoms with Crippen LogP contribution >= 0.6 is 34.5 Å². The minimum Gasteiger partial charge on any atom is -0.483 e. The maximum absolute atomic E-state index is 12.3. The van der Waals surface area contributed by atoms with Crippen LogP contribution in [0.1, 0.15) is 11.1 Å². The Morgan fingerprint density at radius 3 is 2.86 bits per heavy atom. The van der Waals surface area contributed by atoms with Crippen LogP contribution in [-0.2, 0) is 4.79 Å². The molecule has 2 heterocycles. The number of benzene rings is 2. The number of rotatable bonds is 5. The minimum atomic E-state index is -0.338. The van der Waals surface area contributed by atoms with Crippen molar-refractivity contribution in [3.63, 3.8) is 0 Å². The first-order chi connectivity index (χ1) is 13.9. The third-order valence-electron chi connectivity index (χ3n) is 4.45. The van der Waals surface area contributed by atoms with E-state index in [9.17, 15) is 4.79 Å². The number of hydrogen-bond donors (Lipinski definition) is 1. The Morgan fingerprint density at radius 1 is 1.24 bits per heavy atom. The molecule has 0 unspecified atom stereocenters. The minimum absolute atomic E-state index is 0.132. The van der Waals surface area contributed by atoms with Gasteiger partial charge in [-0.1, -0.05) is 35.3 Å². The van der Waals surface area contributed by atoms with Crippen molar-refractivity contribution in [1.29, 1.82) is 0 Å². The molecule has 0 aliphatic rings. The maximum atomic E-state index is 12.3. The molecule has 0 saturated carbocycles. The second-order valence-electron chi connectivity index (χ2n) is 6.41. The topological polar surface area (TPSA) is 68.5 Å². The molecule has 1 N–H and O–H groups in total. The van der Waals surface area contributed by atoms with Crippen molar-refractivity contribution in [3.05, 3.63) is 63.0 Å². The van der Waals surface area contributed by atoms with Crippen LogP contribution in [0.15, 0.2) is 41.8 Å². The van der Waals surface area contributed by atoms with Crippen LogP contribution in [0.25, 0.3) is 16.2 Å². The van der Waals surface area contributed by atoms with E-state index < -0.39 is 0 Å². The van der Waals surface area contributed by atoms with Crippen molar-refractivity contribution in [2.24, 2.45) is 0 Å². The number of carbonyl (C=O) groups is 1. The Morgan fingerprint density at radius 2 is 2.07 bits per heavy atom. The van der Waals surface area contributed by atoms with Crippen LogP contribution in [0.3, 0.4) is 0 Å². The summed E-state index contributed by atoms with van der Waals surface area (Å²) < 4.78 is 7.27. The molecule has 0 atom stereocenters. The number of amides is 1. The SMILES string of the molecule is Cc1cccc(OCC(=O)Nc2nc3scc(-c4ccc(Cl)cc4Cl)n3n2)c1C. The van der Waals surface area contributed by atoms with Crippen LogP contribution in [0, 0.1) is 13.8 Å². The molecule has 1 amide bonds. The number of ether oxygens (including phenoxy) is 1.